The molecule has 0 bridgehead atoms. The number of benzene rings is 1. The molecule has 17 heavy (non-hydrogen) atoms. The van der Waals surface area contributed by atoms with Crippen molar-refractivity contribution in [3.8, 4) is 0 Å². The summed E-state index contributed by atoms with van der Waals surface area (Å²) in [6.07, 6.45) is 0. The standard InChI is InChI=1S/C13H13Cl2NS/c1-8-3-4-10(14)7-11(8)16-9(2)12-5-6-13(15)17-12/h3-7,9,16H,1-2H3. The van der Waals surface area contributed by atoms with E-state index < -0.39 is 0 Å². The average Bonchev–Trinajstić information content (AvgIpc) is 2.70. The first-order valence-corrected chi connectivity index (χ1v) is 6.91. The lowest BCUT2D eigenvalue weighted by Crippen LogP contribution is -2.05. The van der Waals surface area contributed by atoms with Gasteiger partial charge in [0.15, 0.2) is 0 Å². The lowest BCUT2D eigenvalue weighted by atomic mass is 10.1. The number of halogens is 2. The number of thiophene rings is 1. The van der Waals surface area contributed by atoms with E-state index in [2.05, 4.69) is 19.2 Å². The molecule has 1 aromatic carbocycles. The zero-order valence-electron chi connectivity index (χ0n) is 9.63. The molecular formula is C13H13Cl2NS. The Morgan fingerprint density at radius 3 is 2.59 bits per heavy atom. The number of anilines is 1. The Bertz CT molecular complexity index is 522. The topological polar surface area (TPSA) is 12.0 Å². The summed E-state index contributed by atoms with van der Waals surface area (Å²) in [6.45, 7) is 4.18. The van der Waals surface area contributed by atoms with Crippen molar-refractivity contribution in [2.45, 2.75) is 19.9 Å². The predicted molar refractivity (Wildman–Crippen MR) is 77.6 cm³/mol. The van der Waals surface area contributed by atoms with Crippen molar-refractivity contribution in [3.05, 3.63) is 50.1 Å². The van der Waals surface area contributed by atoms with Crippen LogP contribution in [0.1, 0.15) is 23.4 Å². The largest absolute Gasteiger partial charge is 0.377 e. The molecule has 0 saturated heterocycles. The summed E-state index contributed by atoms with van der Waals surface area (Å²) in [7, 11) is 0. The van der Waals surface area contributed by atoms with Gasteiger partial charge in [0.1, 0.15) is 0 Å². The molecular weight excluding hydrogens is 273 g/mol. The predicted octanol–water partition coefficient (Wildman–Crippen LogP) is 5.54. The van der Waals surface area contributed by atoms with Gasteiger partial charge in [0.25, 0.3) is 0 Å². The molecule has 1 aromatic heterocycles. The third kappa shape index (κ3) is 3.15. The number of hydrogen-bond acceptors (Lipinski definition) is 2. The van der Waals surface area contributed by atoms with Crippen molar-refractivity contribution in [1.29, 1.82) is 0 Å². The van der Waals surface area contributed by atoms with Gasteiger partial charge in [-0.1, -0.05) is 29.3 Å². The Morgan fingerprint density at radius 2 is 1.94 bits per heavy atom. The molecule has 2 rings (SSSR count). The van der Waals surface area contributed by atoms with Crippen molar-refractivity contribution in [1.82, 2.24) is 0 Å². The van der Waals surface area contributed by atoms with Crippen molar-refractivity contribution in [2.75, 3.05) is 5.32 Å². The lowest BCUT2D eigenvalue weighted by Gasteiger charge is -2.16. The minimum Gasteiger partial charge on any atom is -0.377 e. The quantitative estimate of drug-likeness (QED) is 0.781. The molecule has 0 aliphatic heterocycles. The molecule has 2 aromatic rings. The van der Waals surface area contributed by atoms with E-state index in [-0.39, 0.29) is 6.04 Å². The van der Waals surface area contributed by atoms with Crippen LogP contribution in [0.4, 0.5) is 5.69 Å². The highest BCUT2D eigenvalue weighted by Crippen LogP contribution is 2.30. The van der Waals surface area contributed by atoms with E-state index >= 15 is 0 Å². The molecule has 90 valence electrons. The van der Waals surface area contributed by atoms with Crippen LogP contribution in [-0.2, 0) is 0 Å². The first-order valence-electron chi connectivity index (χ1n) is 5.34. The van der Waals surface area contributed by atoms with Gasteiger partial charge in [0.05, 0.1) is 10.4 Å². The van der Waals surface area contributed by atoms with Crippen molar-refractivity contribution >= 4 is 40.2 Å². The minimum absolute atomic E-state index is 0.227. The molecule has 1 atom stereocenters. The molecule has 0 aliphatic rings. The van der Waals surface area contributed by atoms with E-state index in [4.69, 9.17) is 23.2 Å². The van der Waals surface area contributed by atoms with Crippen LogP contribution in [0, 0.1) is 6.92 Å². The zero-order valence-corrected chi connectivity index (χ0v) is 12.0. The first-order chi connectivity index (χ1) is 8.06. The molecule has 1 heterocycles. The van der Waals surface area contributed by atoms with E-state index in [0.29, 0.717) is 0 Å². The second-order valence-electron chi connectivity index (χ2n) is 3.97. The Kier molecular flexibility index (Phi) is 3.97. The normalized spacial score (nSPS) is 12.5. The van der Waals surface area contributed by atoms with Crippen molar-refractivity contribution < 1.29 is 0 Å². The molecule has 1 nitrogen and oxygen atoms in total. The summed E-state index contributed by atoms with van der Waals surface area (Å²) in [6, 6.07) is 10.1. The summed E-state index contributed by atoms with van der Waals surface area (Å²) >= 11 is 13.5. The molecule has 0 fully saturated rings. The molecule has 4 heteroatoms. The molecule has 0 radical (unpaired) electrons. The monoisotopic (exact) mass is 285 g/mol. The number of rotatable bonds is 3. The lowest BCUT2D eigenvalue weighted by molar-refractivity contribution is 0.905. The summed E-state index contributed by atoms with van der Waals surface area (Å²) in [5, 5.41) is 4.19. The maximum absolute atomic E-state index is 5.99. The van der Waals surface area contributed by atoms with Gasteiger partial charge in [-0.15, -0.1) is 11.3 Å². The van der Waals surface area contributed by atoms with Gasteiger partial charge in [0, 0.05) is 15.6 Å². The molecule has 1 unspecified atom stereocenters. The SMILES string of the molecule is Cc1ccc(Cl)cc1NC(C)c1ccc(Cl)s1. The first kappa shape index (κ1) is 12.7. The van der Waals surface area contributed by atoms with Crippen LogP contribution in [-0.4, -0.2) is 0 Å². The molecule has 1 N–H and O–H groups in total. The molecule has 0 spiro atoms. The highest BCUT2D eigenvalue weighted by Gasteiger charge is 2.09. The summed E-state index contributed by atoms with van der Waals surface area (Å²) in [5.41, 5.74) is 2.25. The van der Waals surface area contributed by atoms with Crippen LogP contribution < -0.4 is 5.32 Å². The molecule has 0 aliphatic carbocycles. The van der Waals surface area contributed by atoms with Crippen LogP contribution >= 0.6 is 34.5 Å². The fraction of sp³-hybridized carbons (Fsp3) is 0.231. The Morgan fingerprint density at radius 1 is 1.18 bits per heavy atom. The van der Waals surface area contributed by atoms with Gasteiger partial charge in [-0.25, -0.2) is 0 Å². The van der Waals surface area contributed by atoms with Crippen LogP contribution in [0.25, 0.3) is 0 Å². The van der Waals surface area contributed by atoms with Crippen LogP contribution in [0.2, 0.25) is 9.36 Å². The molecule has 0 saturated carbocycles. The third-order valence-corrected chi connectivity index (χ3v) is 4.24. The summed E-state index contributed by atoms with van der Waals surface area (Å²) < 4.78 is 0.816. The number of nitrogens with one attached hydrogen (secondary N) is 1. The smallest absolute Gasteiger partial charge is 0.0932 e. The number of hydrogen-bond donors (Lipinski definition) is 1. The number of aryl methyl sites for hydroxylation is 1. The van der Waals surface area contributed by atoms with Gasteiger partial charge in [-0.05, 0) is 43.7 Å². The average molecular weight is 286 g/mol. The van der Waals surface area contributed by atoms with Gasteiger partial charge < -0.3 is 5.32 Å². The van der Waals surface area contributed by atoms with Gasteiger partial charge in [0.2, 0.25) is 0 Å². The van der Waals surface area contributed by atoms with E-state index in [1.54, 1.807) is 11.3 Å². The van der Waals surface area contributed by atoms with Crippen LogP contribution in [0.5, 0.6) is 0 Å². The minimum atomic E-state index is 0.227. The fourth-order valence-electron chi connectivity index (χ4n) is 1.62. The second kappa shape index (κ2) is 5.30. The Labute approximate surface area is 115 Å². The maximum atomic E-state index is 5.99. The zero-order chi connectivity index (χ0) is 12.4. The third-order valence-electron chi connectivity index (χ3n) is 2.59. The van der Waals surface area contributed by atoms with Gasteiger partial charge in [-0.2, -0.15) is 0 Å². The fourth-order valence-corrected chi connectivity index (χ4v) is 2.85. The van der Waals surface area contributed by atoms with Crippen molar-refractivity contribution in [2.24, 2.45) is 0 Å². The second-order valence-corrected chi connectivity index (χ2v) is 6.15. The van der Waals surface area contributed by atoms with Gasteiger partial charge in [-0.3, -0.25) is 0 Å². The highest BCUT2D eigenvalue weighted by molar-refractivity contribution is 7.16. The summed E-state index contributed by atoms with van der Waals surface area (Å²) in [4.78, 5) is 1.22. The highest BCUT2D eigenvalue weighted by atomic mass is 35.5. The summed E-state index contributed by atoms with van der Waals surface area (Å²) in [5.74, 6) is 0. The van der Waals surface area contributed by atoms with Crippen molar-refractivity contribution in [3.63, 3.8) is 0 Å². The van der Waals surface area contributed by atoms with E-state index in [0.717, 1.165) is 15.0 Å². The molecule has 0 amide bonds. The van der Waals surface area contributed by atoms with E-state index in [1.807, 2.05) is 30.3 Å². The van der Waals surface area contributed by atoms with E-state index in [9.17, 15) is 0 Å². The van der Waals surface area contributed by atoms with E-state index in [1.165, 1.54) is 10.4 Å². The van der Waals surface area contributed by atoms with Gasteiger partial charge >= 0.3 is 0 Å². The Hall–Kier alpha value is -0.700. The van der Waals surface area contributed by atoms with Crippen LogP contribution in [0.3, 0.4) is 0 Å². The van der Waals surface area contributed by atoms with Crippen LogP contribution in [0.15, 0.2) is 30.3 Å². The Balaban J connectivity index is 2.18. The maximum Gasteiger partial charge on any atom is 0.0932 e.